The Balaban J connectivity index is 1.65. The lowest BCUT2D eigenvalue weighted by Gasteiger charge is -2.21. The van der Waals surface area contributed by atoms with Gasteiger partial charge in [-0.1, -0.05) is 24.6 Å². The van der Waals surface area contributed by atoms with Crippen LogP contribution in [0.3, 0.4) is 0 Å². The molecular formula is C18H19FN2O2. The Kier molecular flexibility index (Phi) is 4.55. The molecule has 2 atom stereocenters. The first-order valence-corrected chi connectivity index (χ1v) is 7.86. The molecule has 4 nitrogen and oxygen atoms in total. The quantitative estimate of drug-likeness (QED) is 0.911. The SMILES string of the molecule is O=C(N[C@@H]1CCC[C@@H]1Cc1ccc(F)cc1)c1cccc(=O)[nH]1. The van der Waals surface area contributed by atoms with Crippen LogP contribution in [0.4, 0.5) is 4.39 Å². The first-order chi connectivity index (χ1) is 11.1. The first kappa shape index (κ1) is 15.5. The van der Waals surface area contributed by atoms with Gasteiger partial charge < -0.3 is 10.3 Å². The number of hydrogen-bond acceptors (Lipinski definition) is 2. The van der Waals surface area contributed by atoms with Crippen LogP contribution >= 0.6 is 0 Å². The van der Waals surface area contributed by atoms with E-state index in [1.807, 2.05) is 0 Å². The smallest absolute Gasteiger partial charge is 0.268 e. The highest BCUT2D eigenvalue weighted by atomic mass is 19.1. The summed E-state index contributed by atoms with van der Waals surface area (Å²) in [4.78, 5) is 26.1. The molecule has 1 amide bonds. The number of carbonyl (C=O) groups is 1. The van der Waals surface area contributed by atoms with Gasteiger partial charge in [0.1, 0.15) is 11.5 Å². The summed E-state index contributed by atoms with van der Waals surface area (Å²) >= 11 is 0. The fourth-order valence-corrected chi connectivity index (χ4v) is 3.22. The highest BCUT2D eigenvalue weighted by Gasteiger charge is 2.29. The fourth-order valence-electron chi connectivity index (χ4n) is 3.22. The first-order valence-electron chi connectivity index (χ1n) is 7.86. The number of rotatable bonds is 4. The van der Waals surface area contributed by atoms with Crippen LogP contribution in [0.2, 0.25) is 0 Å². The van der Waals surface area contributed by atoms with Gasteiger partial charge in [-0.3, -0.25) is 9.59 Å². The summed E-state index contributed by atoms with van der Waals surface area (Å²) in [6.07, 6.45) is 3.83. The van der Waals surface area contributed by atoms with E-state index in [0.29, 0.717) is 5.92 Å². The van der Waals surface area contributed by atoms with E-state index < -0.39 is 0 Å². The standard InChI is InChI=1S/C18H19FN2O2/c19-14-9-7-12(8-10-14)11-13-3-1-4-15(13)21-18(23)16-5-2-6-17(22)20-16/h2,5-10,13,15H,1,3-4,11H2,(H,20,22)(H,21,23)/t13-,15-/m1/s1. The fraction of sp³-hybridized carbons (Fsp3) is 0.333. The highest BCUT2D eigenvalue weighted by molar-refractivity contribution is 5.92. The van der Waals surface area contributed by atoms with Gasteiger partial charge in [0.05, 0.1) is 0 Å². The van der Waals surface area contributed by atoms with Crippen LogP contribution in [0, 0.1) is 11.7 Å². The summed E-state index contributed by atoms with van der Waals surface area (Å²) in [6.45, 7) is 0. The van der Waals surface area contributed by atoms with Gasteiger partial charge in [-0.2, -0.15) is 0 Å². The van der Waals surface area contributed by atoms with Gasteiger partial charge in [-0.15, -0.1) is 0 Å². The molecule has 1 heterocycles. The van der Waals surface area contributed by atoms with Crippen LogP contribution in [-0.2, 0) is 6.42 Å². The number of aromatic nitrogens is 1. The van der Waals surface area contributed by atoms with Crippen LogP contribution in [0.15, 0.2) is 47.3 Å². The Hall–Kier alpha value is -2.43. The third kappa shape index (κ3) is 3.86. The minimum atomic E-state index is -0.285. The van der Waals surface area contributed by atoms with Crippen LogP contribution < -0.4 is 10.9 Å². The lowest BCUT2D eigenvalue weighted by atomic mass is 9.94. The normalized spacial score (nSPS) is 20.4. The Morgan fingerprint density at radius 3 is 2.70 bits per heavy atom. The molecular weight excluding hydrogens is 295 g/mol. The average Bonchev–Trinajstić information content (AvgIpc) is 2.96. The van der Waals surface area contributed by atoms with Crippen LogP contribution in [0.1, 0.15) is 35.3 Å². The number of amides is 1. The van der Waals surface area contributed by atoms with Gasteiger partial charge in [0.25, 0.3) is 5.91 Å². The number of halogens is 1. The molecule has 0 spiro atoms. The Bertz CT molecular complexity index is 739. The molecule has 120 valence electrons. The molecule has 1 fully saturated rings. The van der Waals surface area contributed by atoms with Crippen molar-refractivity contribution in [1.82, 2.24) is 10.3 Å². The Morgan fingerprint density at radius 2 is 1.96 bits per heavy atom. The van der Waals surface area contributed by atoms with Crippen LogP contribution in [-0.4, -0.2) is 16.9 Å². The lowest BCUT2D eigenvalue weighted by molar-refractivity contribution is 0.0922. The Morgan fingerprint density at radius 1 is 1.17 bits per heavy atom. The van der Waals surface area contributed by atoms with Crippen molar-refractivity contribution in [2.45, 2.75) is 31.7 Å². The molecule has 1 aromatic heterocycles. The van der Waals surface area contributed by atoms with Crippen molar-refractivity contribution in [1.29, 1.82) is 0 Å². The van der Waals surface area contributed by atoms with E-state index in [4.69, 9.17) is 0 Å². The monoisotopic (exact) mass is 314 g/mol. The molecule has 23 heavy (non-hydrogen) atoms. The van der Waals surface area contributed by atoms with Crippen molar-refractivity contribution in [2.75, 3.05) is 0 Å². The van der Waals surface area contributed by atoms with Gasteiger partial charge >= 0.3 is 0 Å². The third-order valence-corrected chi connectivity index (χ3v) is 4.40. The molecule has 2 N–H and O–H groups in total. The lowest BCUT2D eigenvalue weighted by Crippen LogP contribution is -2.38. The summed E-state index contributed by atoms with van der Waals surface area (Å²) in [6, 6.07) is 11.1. The number of benzene rings is 1. The second kappa shape index (κ2) is 6.77. The molecule has 0 unspecified atom stereocenters. The van der Waals surface area contributed by atoms with Crippen molar-refractivity contribution in [2.24, 2.45) is 5.92 Å². The van der Waals surface area contributed by atoms with Crippen molar-refractivity contribution < 1.29 is 9.18 Å². The average molecular weight is 314 g/mol. The summed E-state index contributed by atoms with van der Waals surface area (Å²) < 4.78 is 13.0. The number of aromatic amines is 1. The van der Waals surface area contributed by atoms with E-state index >= 15 is 0 Å². The molecule has 1 saturated carbocycles. The molecule has 3 rings (SSSR count). The molecule has 0 bridgehead atoms. The summed E-state index contributed by atoms with van der Waals surface area (Å²) in [5, 5.41) is 3.02. The second-order valence-corrected chi connectivity index (χ2v) is 6.03. The molecule has 1 aliphatic rings. The van der Waals surface area contributed by atoms with Crippen molar-refractivity contribution in [3.63, 3.8) is 0 Å². The van der Waals surface area contributed by atoms with E-state index in [1.54, 1.807) is 24.3 Å². The van der Waals surface area contributed by atoms with Gasteiger partial charge in [-0.05, 0) is 48.9 Å². The van der Waals surface area contributed by atoms with Crippen molar-refractivity contribution in [3.05, 3.63) is 69.9 Å². The van der Waals surface area contributed by atoms with Gasteiger partial charge in [0, 0.05) is 12.1 Å². The van der Waals surface area contributed by atoms with E-state index in [-0.39, 0.29) is 29.0 Å². The topological polar surface area (TPSA) is 62.0 Å². The van der Waals surface area contributed by atoms with Gasteiger partial charge in [-0.25, -0.2) is 4.39 Å². The maximum absolute atomic E-state index is 13.0. The van der Waals surface area contributed by atoms with Crippen molar-refractivity contribution >= 4 is 5.91 Å². The van der Waals surface area contributed by atoms with E-state index in [0.717, 1.165) is 31.2 Å². The number of H-pyrrole nitrogens is 1. The maximum Gasteiger partial charge on any atom is 0.268 e. The van der Waals surface area contributed by atoms with E-state index in [2.05, 4.69) is 10.3 Å². The predicted octanol–water partition coefficient (Wildman–Crippen LogP) is 2.66. The Labute approximate surface area is 133 Å². The summed E-state index contributed by atoms with van der Waals surface area (Å²) in [5.74, 6) is -0.156. The number of nitrogens with one attached hydrogen (secondary N) is 2. The number of pyridine rings is 1. The minimum Gasteiger partial charge on any atom is -0.348 e. The molecule has 0 aliphatic heterocycles. The zero-order chi connectivity index (χ0) is 16.2. The highest BCUT2D eigenvalue weighted by Crippen LogP contribution is 2.29. The van der Waals surface area contributed by atoms with Gasteiger partial charge in [0.15, 0.2) is 0 Å². The minimum absolute atomic E-state index is 0.0799. The number of hydrogen-bond donors (Lipinski definition) is 2. The maximum atomic E-state index is 13.0. The molecule has 1 aromatic carbocycles. The largest absolute Gasteiger partial charge is 0.348 e. The van der Waals surface area contributed by atoms with E-state index in [9.17, 15) is 14.0 Å². The summed E-state index contributed by atoms with van der Waals surface area (Å²) in [5.41, 5.74) is 1.07. The predicted molar refractivity (Wildman–Crippen MR) is 85.8 cm³/mol. The molecule has 2 aromatic rings. The van der Waals surface area contributed by atoms with E-state index in [1.165, 1.54) is 18.2 Å². The summed E-state index contributed by atoms with van der Waals surface area (Å²) in [7, 11) is 0. The molecule has 1 aliphatic carbocycles. The van der Waals surface area contributed by atoms with Crippen LogP contribution in [0.5, 0.6) is 0 Å². The zero-order valence-corrected chi connectivity index (χ0v) is 12.7. The molecule has 0 radical (unpaired) electrons. The second-order valence-electron chi connectivity index (χ2n) is 6.03. The van der Waals surface area contributed by atoms with Crippen LogP contribution in [0.25, 0.3) is 0 Å². The van der Waals surface area contributed by atoms with Crippen molar-refractivity contribution in [3.8, 4) is 0 Å². The van der Waals surface area contributed by atoms with Gasteiger partial charge in [0.2, 0.25) is 5.56 Å². The molecule has 5 heteroatoms. The third-order valence-electron chi connectivity index (χ3n) is 4.40. The molecule has 0 saturated heterocycles. The number of carbonyl (C=O) groups excluding carboxylic acids is 1. The zero-order valence-electron chi connectivity index (χ0n) is 12.7.